The van der Waals surface area contributed by atoms with Crippen molar-refractivity contribution in [1.82, 2.24) is 25.4 Å². The van der Waals surface area contributed by atoms with Gasteiger partial charge in [-0.3, -0.25) is 0 Å². The summed E-state index contributed by atoms with van der Waals surface area (Å²) in [5, 5.41) is 15.3. The van der Waals surface area contributed by atoms with Gasteiger partial charge in [-0.25, -0.2) is 4.99 Å². The zero-order chi connectivity index (χ0) is 21.3. The molecule has 1 heterocycles. The van der Waals surface area contributed by atoms with Crippen LogP contribution in [-0.2, 0) is 20.0 Å². The number of aromatic nitrogens is 3. The molecule has 3 aromatic rings. The van der Waals surface area contributed by atoms with Gasteiger partial charge in [0, 0.05) is 13.6 Å². The zero-order valence-corrected chi connectivity index (χ0v) is 18.1. The van der Waals surface area contributed by atoms with Crippen LogP contribution in [0.3, 0.4) is 0 Å². The van der Waals surface area contributed by atoms with Crippen molar-refractivity contribution in [3.05, 3.63) is 77.4 Å². The topological polar surface area (TPSA) is 76.4 Å². The quantitative estimate of drug-likeness (QED) is 0.444. The van der Waals surface area contributed by atoms with Gasteiger partial charge in [-0.15, -0.1) is 10.2 Å². The Bertz CT molecular complexity index is 967. The molecule has 2 N–H and O–H groups in total. The van der Waals surface area contributed by atoms with Crippen LogP contribution in [0.25, 0.3) is 0 Å². The number of guanidine groups is 1. The first kappa shape index (κ1) is 21.4. The number of aryl methyl sites for hydroxylation is 1. The third-order valence-electron chi connectivity index (χ3n) is 5.09. The van der Waals surface area contributed by atoms with Crippen LogP contribution >= 0.6 is 0 Å². The van der Waals surface area contributed by atoms with Crippen molar-refractivity contribution < 1.29 is 4.74 Å². The second kappa shape index (κ2) is 10.4. The Labute approximate surface area is 178 Å². The number of methoxy groups -OCH3 is 1. The minimum Gasteiger partial charge on any atom is -0.496 e. The van der Waals surface area contributed by atoms with E-state index in [0.717, 1.165) is 41.9 Å². The number of benzene rings is 2. The lowest BCUT2D eigenvalue weighted by atomic mass is 10.1. The number of rotatable bonds is 8. The van der Waals surface area contributed by atoms with E-state index in [-0.39, 0.29) is 6.04 Å². The van der Waals surface area contributed by atoms with Crippen molar-refractivity contribution in [2.75, 3.05) is 13.7 Å². The Morgan fingerprint density at radius 1 is 1.10 bits per heavy atom. The predicted molar refractivity (Wildman–Crippen MR) is 120 cm³/mol. The van der Waals surface area contributed by atoms with E-state index in [1.807, 2.05) is 54.9 Å². The van der Waals surface area contributed by atoms with Gasteiger partial charge in [0.1, 0.15) is 18.1 Å². The summed E-state index contributed by atoms with van der Waals surface area (Å²) in [5.74, 6) is 3.34. The first-order chi connectivity index (χ1) is 14.6. The molecule has 0 aliphatic heterocycles. The largest absolute Gasteiger partial charge is 0.496 e. The van der Waals surface area contributed by atoms with E-state index in [0.29, 0.717) is 6.54 Å². The van der Waals surface area contributed by atoms with Crippen LogP contribution in [0.2, 0.25) is 0 Å². The average Bonchev–Trinajstić information content (AvgIpc) is 3.10. The van der Waals surface area contributed by atoms with Gasteiger partial charge in [0.25, 0.3) is 0 Å². The molecule has 3 rings (SSSR count). The summed E-state index contributed by atoms with van der Waals surface area (Å²) >= 11 is 0. The Morgan fingerprint density at radius 3 is 2.53 bits per heavy atom. The molecule has 0 radical (unpaired) electrons. The summed E-state index contributed by atoms with van der Waals surface area (Å²) in [4.78, 5) is 4.75. The van der Waals surface area contributed by atoms with Gasteiger partial charge in [-0.1, -0.05) is 48.5 Å². The van der Waals surface area contributed by atoms with Crippen molar-refractivity contribution in [2.45, 2.75) is 32.9 Å². The lowest BCUT2D eigenvalue weighted by Gasteiger charge is -2.19. The molecule has 0 saturated carbocycles. The van der Waals surface area contributed by atoms with Crippen molar-refractivity contribution in [3.8, 4) is 5.75 Å². The molecular weight excluding hydrogens is 376 g/mol. The molecule has 2 aromatic carbocycles. The Kier molecular flexibility index (Phi) is 7.43. The monoisotopic (exact) mass is 406 g/mol. The molecule has 0 saturated heterocycles. The highest BCUT2D eigenvalue weighted by Crippen LogP contribution is 2.17. The van der Waals surface area contributed by atoms with Crippen LogP contribution in [0.4, 0.5) is 0 Å². The van der Waals surface area contributed by atoms with Crippen LogP contribution in [0.5, 0.6) is 5.75 Å². The number of para-hydroxylation sites is 1. The van der Waals surface area contributed by atoms with E-state index >= 15 is 0 Å². The summed E-state index contributed by atoms with van der Waals surface area (Å²) in [6.45, 7) is 5.23. The third-order valence-corrected chi connectivity index (χ3v) is 5.09. The molecule has 0 aliphatic rings. The number of nitrogens with one attached hydrogen (secondary N) is 2. The van der Waals surface area contributed by atoms with Gasteiger partial charge < -0.3 is 19.9 Å². The minimum absolute atomic E-state index is 0.116. The summed E-state index contributed by atoms with van der Waals surface area (Å²) in [6.07, 6.45) is 0.827. The van der Waals surface area contributed by atoms with Crippen molar-refractivity contribution in [3.63, 3.8) is 0 Å². The van der Waals surface area contributed by atoms with Gasteiger partial charge in [0.15, 0.2) is 11.8 Å². The van der Waals surface area contributed by atoms with Gasteiger partial charge >= 0.3 is 0 Å². The molecule has 1 unspecified atom stereocenters. The zero-order valence-electron chi connectivity index (χ0n) is 18.1. The number of ether oxygens (including phenoxy) is 1. The van der Waals surface area contributed by atoms with Crippen LogP contribution in [0.15, 0.2) is 59.6 Å². The highest BCUT2D eigenvalue weighted by molar-refractivity contribution is 5.80. The van der Waals surface area contributed by atoms with E-state index in [9.17, 15) is 0 Å². The molecule has 1 aromatic heterocycles. The van der Waals surface area contributed by atoms with Crippen LogP contribution in [0, 0.1) is 6.92 Å². The highest BCUT2D eigenvalue weighted by Gasteiger charge is 2.10. The van der Waals surface area contributed by atoms with E-state index in [1.54, 1.807) is 7.11 Å². The Morgan fingerprint density at radius 2 is 1.83 bits per heavy atom. The first-order valence-corrected chi connectivity index (χ1v) is 10.1. The molecule has 30 heavy (non-hydrogen) atoms. The normalized spacial score (nSPS) is 12.5. The number of aliphatic imine (C=N–C) groups is 1. The molecule has 7 nitrogen and oxygen atoms in total. The fourth-order valence-electron chi connectivity index (χ4n) is 3.15. The molecule has 1 atom stereocenters. The maximum absolute atomic E-state index is 5.45. The molecule has 158 valence electrons. The summed E-state index contributed by atoms with van der Waals surface area (Å²) < 4.78 is 7.41. The Hall–Kier alpha value is -3.35. The van der Waals surface area contributed by atoms with Crippen LogP contribution in [-0.4, -0.2) is 34.4 Å². The molecule has 7 heteroatoms. The smallest absolute Gasteiger partial charge is 0.192 e. The maximum Gasteiger partial charge on any atom is 0.192 e. The predicted octanol–water partition coefficient (Wildman–Crippen LogP) is 3.17. The molecule has 0 aliphatic carbocycles. The van der Waals surface area contributed by atoms with Gasteiger partial charge in [-0.05, 0) is 37.5 Å². The molecule has 0 spiro atoms. The average molecular weight is 407 g/mol. The van der Waals surface area contributed by atoms with Gasteiger partial charge in [0.2, 0.25) is 0 Å². The van der Waals surface area contributed by atoms with Crippen molar-refractivity contribution in [2.24, 2.45) is 12.0 Å². The van der Waals surface area contributed by atoms with Gasteiger partial charge in [0.05, 0.1) is 13.2 Å². The number of nitrogens with zero attached hydrogens (tertiary/aromatic N) is 4. The lowest BCUT2D eigenvalue weighted by molar-refractivity contribution is 0.409. The third kappa shape index (κ3) is 5.59. The van der Waals surface area contributed by atoms with Crippen molar-refractivity contribution in [1.29, 1.82) is 0 Å². The molecule has 0 fully saturated rings. The highest BCUT2D eigenvalue weighted by atomic mass is 16.5. The van der Waals surface area contributed by atoms with E-state index < -0.39 is 0 Å². The van der Waals surface area contributed by atoms with Crippen LogP contribution in [0.1, 0.15) is 35.7 Å². The standard InChI is InChI=1S/C23H30N6O/c1-17(19-10-6-5-7-11-19)26-23(25-16-22-28-27-18(2)29(22)3)24-15-14-20-12-8-9-13-21(20)30-4/h5-13,17H,14-16H2,1-4H3,(H2,24,25,26). The summed E-state index contributed by atoms with van der Waals surface area (Å²) in [7, 11) is 3.65. The maximum atomic E-state index is 5.45. The SMILES string of the molecule is COc1ccccc1CCNC(=NCc1nnc(C)n1C)NC(C)c1ccccc1. The second-order valence-corrected chi connectivity index (χ2v) is 7.15. The van der Waals surface area contributed by atoms with E-state index in [1.165, 1.54) is 5.56 Å². The fraction of sp³-hybridized carbons (Fsp3) is 0.348. The first-order valence-electron chi connectivity index (χ1n) is 10.1. The summed E-state index contributed by atoms with van der Waals surface area (Å²) in [6, 6.07) is 18.5. The summed E-state index contributed by atoms with van der Waals surface area (Å²) in [5.41, 5.74) is 2.36. The second-order valence-electron chi connectivity index (χ2n) is 7.15. The number of hydrogen-bond donors (Lipinski definition) is 2. The molecule has 0 bridgehead atoms. The van der Waals surface area contributed by atoms with Crippen LogP contribution < -0.4 is 15.4 Å². The van der Waals surface area contributed by atoms with Gasteiger partial charge in [-0.2, -0.15) is 0 Å². The molecular formula is C23H30N6O. The van der Waals surface area contributed by atoms with E-state index in [2.05, 4.69) is 46.0 Å². The molecule has 0 amide bonds. The number of hydrogen-bond acceptors (Lipinski definition) is 4. The van der Waals surface area contributed by atoms with Crippen molar-refractivity contribution >= 4 is 5.96 Å². The fourth-order valence-corrected chi connectivity index (χ4v) is 3.15. The minimum atomic E-state index is 0.116. The van der Waals surface area contributed by atoms with E-state index in [4.69, 9.17) is 9.73 Å². The lowest BCUT2D eigenvalue weighted by Crippen LogP contribution is -2.39. The Balaban J connectivity index is 1.69.